The number of hydrogen-bond acceptors (Lipinski definition) is 14. The van der Waals surface area contributed by atoms with Crippen LogP contribution in [0, 0.1) is 34.9 Å². The van der Waals surface area contributed by atoms with Gasteiger partial charge in [-0.3, -0.25) is 33.8 Å². The lowest BCUT2D eigenvalue weighted by molar-refractivity contribution is -0.0285. The number of benzene rings is 4. The Morgan fingerprint density at radius 2 is 1.21 bits per heavy atom. The Balaban J connectivity index is 0.751. The van der Waals surface area contributed by atoms with Crippen LogP contribution in [0.5, 0.6) is 0 Å². The number of aromatic nitrogens is 12. The minimum absolute atomic E-state index is 0.00992. The molecule has 0 aliphatic carbocycles. The molecule has 26 heteroatoms. The first kappa shape index (κ1) is 58.3. The molecule has 10 aromatic rings. The predicted molar refractivity (Wildman–Crippen MR) is 310 cm³/mol. The lowest BCUT2D eigenvalue weighted by Crippen LogP contribution is -2.47. The van der Waals surface area contributed by atoms with Crippen LogP contribution in [0.2, 0.25) is 0 Å². The molecule has 9 heterocycles. The summed E-state index contributed by atoms with van der Waals surface area (Å²) < 4.78 is 94.5. The number of nitrogens with zero attached hydrogens (tertiary/aromatic N) is 15. The molecule has 3 aliphatic rings. The molecule has 454 valence electrons. The highest BCUT2D eigenvalue weighted by molar-refractivity contribution is 6.06. The zero-order valence-corrected chi connectivity index (χ0v) is 47.9. The maximum absolute atomic E-state index is 15.9. The van der Waals surface area contributed by atoms with Crippen molar-refractivity contribution >= 4 is 11.8 Å². The topological polar surface area (TPSA) is 219 Å². The number of rotatable bonds is 19. The molecule has 1 fully saturated rings. The van der Waals surface area contributed by atoms with Crippen molar-refractivity contribution in [3.8, 4) is 44.8 Å². The molecule has 1 saturated heterocycles. The first-order valence-electron chi connectivity index (χ1n) is 28.6. The van der Waals surface area contributed by atoms with Gasteiger partial charge < -0.3 is 25.3 Å². The quantitative estimate of drug-likeness (QED) is 0.0522. The van der Waals surface area contributed by atoms with Gasteiger partial charge in [0.25, 0.3) is 11.8 Å². The lowest BCUT2D eigenvalue weighted by Gasteiger charge is -2.38. The summed E-state index contributed by atoms with van der Waals surface area (Å²) in [6.07, 6.45) is 11.9. The SMILES string of the molecule is CN1Cc2nccc(-c3cn(CCNC[C@](O)(Cn4cnc(C5c6nccc(-c7cn(C8CCN(CC(O)(Cn9cncn9)c9ccc(F)cc9F)CC8)nc7-c7ccc(F)cc7)c6C(=O)N5C)n4)c4ccc(F)cc4F)nc3-c3ccc(F)cc3)c2C1=O. The first-order valence-corrected chi connectivity index (χ1v) is 28.6. The Morgan fingerprint density at radius 1 is 0.607 bits per heavy atom. The van der Waals surface area contributed by atoms with Gasteiger partial charge in [0.15, 0.2) is 5.82 Å². The summed E-state index contributed by atoms with van der Waals surface area (Å²) in [5.41, 5.74) is 1.76. The Kier molecular flexibility index (Phi) is 15.3. The number of β-amino-alcohol motifs (C(OH)–C–C–N with tert-alkyl or cyclic N) is 1. The van der Waals surface area contributed by atoms with Crippen molar-refractivity contribution < 1.29 is 46.1 Å². The second-order valence-electron chi connectivity index (χ2n) is 22.7. The zero-order chi connectivity index (χ0) is 61.9. The molecule has 20 nitrogen and oxygen atoms in total. The molecule has 2 unspecified atom stereocenters. The Morgan fingerprint density at radius 3 is 1.87 bits per heavy atom. The van der Waals surface area contributed by atoms with Crippen LogP contribution in [-0.2, 0) is 37.4 Å². The molecule has 2 amide bonds. The van der Waals surface area contributed by atoms with Gasteiger partial charge in [0.05, 0.1) is 54.7 Å². The smallest absolute Gasteiger partial charge is 0.257 e. The van der Waals surface area contributed by atoms with E-state index in [1.807, 2.05) is 15.8 Å². The molecular weight excluding hydrogens is 1160 g/mol. The van der Waals surface area contributed by atoms with Gasteiger partial charge in [0, 0.05) is 128 Å². The molecule has 0 saturated carbocycles. The number of carbonyl (C=O) groups is 2. The summed E-state index contributed by atoms with van der Waals surface area (Å²) in [4.78, 5) is 50.7. The number of nitrogens with one attached hydrogen (secondary N) is 1. The Labute approximate surface area is 504 Å². The van der Waals surface area contributed by atoms with Crippen LogP contribution in [-0.4, -0.2) is 143 Å². The molecule has 0 radical (unpaired) electrons. The number of hydrogen-bond donors (Lipinski definition) is 3. The second kappa shape index (κ2) is 23.4. The van der Waals surface area contributed by atoms with Crippen LogP contribution < -0.4 is 5.32 Å². The van der Waals surface area contributed by atoms with Gasteiger partial charge in [-0.05, 0) is 85.6 Å². The van der Waals surface area contributed by atoms with Gasteiger partial charge >= 0.3 is 0 Å². The molecule has 0 spiro atoms. The maximum atomic E-state index is 15.9. The number of halogens is 6. The Hall–Kier alpha value is -9.76. The van der Waals surface area contributed by atoms with Gasteiger partial charge in [0.1, 0.15) is 82.5 Å². The summed E-state index contributed by atoms with van der Waals surface area (Å²) in [5.74, 6) is -4.92. The fourth-order valence-corrected chi connectivity index (χ4v) is 12.4. The number of piperidine rings is 1. The van der Waals surface area contributed by atoms with Gasteiger partial charge in [-0.15, -0.1) is 0 Å². The first-order chi connectivity index (χ1) is 42.9. The van der Waals surface area contributed by atoms with E-state index in [-0.39, 0.29) is 67.2 Å². The zero-order valence-electron chi connectivity index (χ0n) is 47.9. The van der Waals surface area contributed by atoms with Crippen LogP contribution >= 0.6 is 0 Å². The maximum Gasteiger partial charge on any atom is 0.257 e. The summed E-state index contributed by atoms with van der Waals surface area (Å²) >= 11 is 0. The van der Waals surface area contributed by atoms with Crippen molar-refractivity contribution in [2.45, 2.75) is 62.3 Å². The van der Waals surface area contributed by atoms with Crippen molar-refractivity contribution in [2.24, 2.45) is 0 Å². The lowest BCUT2D eigenvalue weighted by atomic mass is 9.91. The van der Waals surface area contributed by atoms with Crippen LogP contribution in [0.1, 0.15) is 74.0 Å². The predicted octanol–water partition coefficient (Wildman–Crippen LogP) is 7.72. The minimum atomic E-state index is -2.08. The van der Waals surface area contributed by atoms with Crippen molar-refractivity contribution in [1.82, 2.24) is 79.1 Å². The molecule has 0 bridgehead atoms. The average Bonchev–Trinajstić information content (AvgIpc) is 1.71. The molecule has 3 atom stereocenters. The number of amides is 2. The summed E-state index contributed by atoms with van der Waals surface area (Å²) in [5, 5.41) is 46.6. The van der Waals surface area contributed by atoms with Crippen molar-refractivity contribution in [3.63, 3.8) is 0 Å². The third kappa shape index (κ3) is 11.2. The van der Waals surface area contributed by atoms with E-state index < -0.39 is 64.6 Å². The van der Waals surface area contributed by atoms with Crippen molar-refractivity contribution in [3.05, 3.63) is 215 Å². The van der Waals surface area contributed by atoms with Gasteiger partial charge in [0.2, 0.25) is 0 Å². The fourth-order valence-electron chi connectivity index (χ4n) is 12.4. The van der Waals surface area contributed by atoms with Crippen molar-refractivity contribution in [2.75, 3.05) is 46.8 Å². The fraction of sp³-hybridized carbons (Fsp3) is 0.270. The minimum Gasteiger partial charge on any atom is -0.382 e. The largest absolute Gasteiger partial charge is 0.382 e. The van der Waals surface area contributed by atoms with Crippen LogP contribution in [0.15, 0.2) is 141 Å². The number of fused-ring (bicyclic) bond motifs is 2. The van der Waals surface area contributed by atoms with E-state index >= 15 is 8.78 Å². The van der Waals surface area contributed by atoms with E-state index in [4.69, 9.17) is 20.3 Å². The summed E-state index contributed by atoms with van der Waals surface area (Å²) in [6, 6.07) is 19.9. The highest BCUT2D eigenvalue weighted by Crippen LogP contribution is 2.44. The van der Waals surface area contributed by atoms with Crippen molar-refractivity contribution in [1.29, 1.82) is 0 Å². The number of carbonyl (C=O) groups excluding carboxylic acids is 2. The molecule has 89 heavy (non-hydrogen) atoms. The third-order valence-electron chi connectivity index (χ3n) is 16.8. The van der Waals surface area contributed by atoms with Gasteiger partial charge in [-0.2, -0.15) is 20.4 Å². The van der Waals surface area contributed by atoms with E-state index in [9.17, 15) is 37.4 Å². The summed E-state index contributed by atoms with van der Waals surface area (Å²) in [6.45, 7) is 0.762. The normalized spacial score (nSPS) is 16.7. The van der Waals surface area contributed by atoms with E-state index in [0.717, 1.165) is 24.3 Å². The van der Waals surface area contributed by atoms with E-state index in [1.165, 1.54) is 63.6 Å². The second-order valence-corrected chi connectivity index (χ2v) is 22.7. The monoisotopic (exact) mass is 1210 g/mol. The molecule has 4 aromatic carbocycles. The highest BCUT2D eigenvalue weighted by atomic mass is 19.2. The van der Waals surface area contributed by atoms with Gasteiger partial charge in [-0.1, -0.05) is 12.1 Å². The number of pyridine rings is 2. The average molecular weight is 1220 g/mol. The molecule has 13 rings (SSSR count). The Bertz CT molecular complexity index is 4310. The standard InChI is InChI=1S/C63H56F6N16O4/c1-79-29-52-53(60(79)86)44(15-19-72-52)46-27-82(76-55(46)37-3-7-39(64)8-4-37)24-21-70-30-62(88,48-13-11-41(66)25-50(48)68)32-84-36-74-59(78-84)58-57-54(61(87)80(58)2)45(16-20-73-57)47-28-85(77-56(47)38-5-9-40(65)10-6-38)43-17-22-81(23-18-43)31-63(89,33-83-35-71-34-75-83)49-14-12-42(67)26-51(49)69/h3-16,19-20,25-28,34-36,43,58,70,88-89H,17-18,21-24,29-33H2,1-2H3/t58?,62-,63?/m0/s1. The highest BCUT2D eigenvalue weighted by Gasteiger charge is 2.43. The summed E-state index contributed by atoms with van der Waals surface area (Å²) in [7, 11) is 3.27. The van der Waals surface area contributed by atoms with Gasteiger partial charge in [-0.25, -0.2) is 45.7 Å². The van der Waals surface area contributed by atoms with Crippen LogP contribution in [0.25, 0.3) is 44.8 Å². The number of likely N-dealkylation sites (tertiary alicyclic amines) is 1. The number of aliphatic hydroxyl groups is 2. The van der Waals surface area contributed by atoms with E-state index in [2.05, 4.69) is 25.4 Å². The molecule has 6 aromatic heterocycles. The third-order valence-corrected chi connectivity index (χ3v) is 16.8. The van der Waals surface area contributed by atoms with Crippen LogP contribution in [0.4, 0.5) is 26.3 Å². The molecular formula is C63H56F6N16O4. The van der Waals surface area contributed by atoms with E-state index in [1.54, 1.807) is 78.7 Å². The molecule has 3 N–H and O–H groups in total. The van der Waals surface area contributed by atoms with E-state index in [0.29, 0.717) is 100 Å². The van der Waals surface area contributed by atoms with Crippen LogP contribution in [0.3, 0.4) is 0 Å². The molecule has 3 aliphatic heterocycles.